The smallest absolute Gasteiger partial charge is 0.295 e. The van der Waals surface area contributed by atoms with Crippen molar-refractivity contribution in [3.05, 3.63) is 75.5 Å². The molecule has 26 heavy (non-hydrogen) atoms. The zero-order valence-corrected chi connectivity index (χ0v) is 15.1. The van der Waals surface area contributed by atoms with Crippen molar-refractivity contribution in [1.82, 2.24) is 4.90 Å². The lowest BCUT2D eigenvalue weighted by atomic mass is 9.95. The van der Waals surface area contributed by atoms with E-state index in [0.717, 1.165) is 9.37 Å². The number of rotatable bonds is 4. The van der Waals surface area contributed by atoms with E-state index in [2.05, 4.69) is 15.9 Å². The largest absolute Gasteiger partial charge is 0.507 e. The SMILES string of the molecule is O=C1C(=O)N(CCO)[C@H](c2ccccc2F)/C1=C(\O)c1ccc(Br)cc1. The number of aliphatic hydroxyl groups is 2. The van der Waals surface area contributed by atoms with Crippen LogP contribution in [0, 0.1) is 5.82 Å². The summed E-state index contributed by atoms with van der Waals surface area (Å²) in [5, 5.41) is 19.9. The quantitative estimate of drug-likeness (QED) is 0.453. The van der Waals surface area contributed by atoms with Gasteiger partial charge in [-0.2, -0.15) is 0 Å². The van der Waals surface area contributed by atoms with E-state index >= 15 is 0 Å². The number of carbonyl (C=O) groups is 2. The average molecular weight is 420 g/mol. The Morgan fingerprint density at radius 1 is 1.12 bits per heavy atom. The number of hydrogen-bond acceptors (Lipinski definition) is 4. The van der Waals surface area contributed by atoms with Gasteiger partial charge in [-0.15, -0.1) is 0 Å². The summed E-state index contributed by atoms with van der Waals surface area (Å²) in [6, 6.07) is 11.1. The van der Waals surface area contributed by atoms with Gasteiger partial charge < -0.3 is 15.1 Å². The molecule has 0 radical (unpaired) electrons. The Balaban J connectivity index is 2.21. The van der Waals surface area contributed by atoms with Gasteiger partial charge in [0.25, 0.3) is 11.7 Å². The van der Waals surface area contributed by atoms with Crippen LogP contribution in [0.4, 0.5) is 4.39 Å². The fourth-order valence-corrected chi connectivity index (χ4v) is 3.27. The molecule has 0 aromatic heterocycles. The molecule has 1 aliphatic heterocycles. The van der Waals surface area contributed by atoms with Crippen LogP contribution in [0.5, 0.6) is 0 Å². The molecule has 3 rings (SSSR count). The Morgan fingerprint density at radius 2 is 1.77 bits per heavy atom. The molecule has 0 saturated carbocycles. The van der Waals surface area contributed by atoms with Gasteiger partial charge in [0, 0.05) is 22.1 Å². The van der Waals surface area contributed by atoms with Gasteiger partial charge in [0.1, 0.15) is 11.6 Å². The van der Waals surface area contributed by atoms with E-state index in [1.54, 1.807) is 30.3 Å². The molecule has 2 aromatic carbocycles. The highest BCUT2D eigenvalue weighted by Gasteiger charge is 2.46. The first-order valence-electron chi connectivity index (χ1n) is 7.85. The van der Waals surface area contributed by atoms with E-state index < -0.39 is 30.2 Å². The average Bonchev–Trinajstić information content (AvgIpc) is 2.87. The Labute approximate surface area is 157 Å². The van der Waals surface area contributed by atoms with Crippen molar-refractivity contribution < 1.29 is 24.2 Å². The van der Waals surface area contributed by atoms with E-state index in [1.165, 1.54) is 18.2 Å². The fraction of sp³-hybridized carbons (Fsp3) is 0.158. The van der Waals surface area contributed by atoms with Crippen LogP contribution >= 0.6 is 15.9 Å². The molecule has 5 nitrogen and oxygen atoms in total. The molecule has 0 spiro atoms. The number of benzene rings is 2. The molecule has 1 fully saturated rings. The summed E-state index contributed by atoms with van der Waals surface area (Å²) in [5.41, 5.74) is 0.214. The molecule has 1 atom stereocenters. The van der Waals surface area contributed by atoms with Gasteiger partial charge in [0.15, 0.2) is 0 Å². The highest BCUT2D eigenvalue weighted by molar-refractivity contribution is 9.10. The van der Waals surface area contributed by atoms with E-state index in [9.17, 15) is 24.2 Å². The van der Waals surface area contributed by atoms with Gasteiger partial charge >= 0.3 is 0 Å². The summed E-state index contributed by atoms with van der Waals surface area (Å²) in [6.07, 6.45) is 0. The van der Waals surface area contributed by atoms with E-state index in [1.807, 2.05) is 0 Å². The van der Waals surface area contributed by atoms with Crippen molar-refractivity contribution in [2.45, 2.75) is 6.04 Å². The number of β-amino-alcohol motifs (C(OH)–C–C–N with tert-alkyl or cyclic N) is 1. The lowest BCUT2D eigenvalue weighted by Crippen LogP contribution is -2.32. The van der Waals surface area contributed by atoms with Crippen LogP contribution < -0.4 is 0 Å². The predicted octanol–water partition coefficient (Wildman–Crippen LogP) is 3.00. The van der Waals surface area contributed by atoms with Gasteiger partial charge in [0.2, 0.25) is 0 Å². The molecule has 0 unspecified atom stereocenters. The zero-order valence-electron chi connectivity index (χ0n) is 13.5. The van der Waals surface area contributed by atoms with Crippen LogP contribution in [-0.4, -0.2) is 40.0 Å². The number of carbonyl (C=O) groups excluding carboxylic acids is 2. The van der Waals surface area contributed by atoms with E-state index in [4.69, 9.17) is 0 Å². The molecule has 7 heteroatoms. The third-order valence-electron chi connectivity index (χ3n) is 4.20. The maximum Gasteiger partial charge on any atom is 0.295 e. The summed E-state index contributed by atoms with van der Waals surface area (Å²) in [7, 11) is 0. The second-order valence-corrected chi connectivity index (χ2v) is 6.66. The van der Waals surface area contributed by atoms with Crippen molar-refractivity contribution in [3.63, 3.8) is 0 Å². The van der Waals surface area contributed by atoms with Crippen molar-refractivity contribution >= 4 is 33.4 Å². The Kier molecular flexibility index (Phi) is 5.20. The number of ketones is 1. The van der Waals surface area contributed by atoms with Crippen LogP contribution in [0.15, 0.2) is 58.6 Å². The minimum atomic E-state index is -1.10. The topological polar surface area (TPSA) is 77.8 Å². The third-order valence-corrected chi connectivity index (χ3v) is 4.73. The van der Waals surface area contributed by atoms with Crippen molar-refractivity contribution in [1.29, 1.82) is 0 Å². The van der Waals surface area contributed by atoms with E-state index in [0.29, 0.717) is 5.56 Å². The molecule has 1 aliphatic rings. The Morgan fingerprint density at radius 3 is 2.38 bits per heavy atom. The molecule has 1 amide bonds. The Bertz CT molecular complexity index is 895. The number of nitrogens with zero attached hydrogens (tertiary/aromatic N) is 1. The zero-order chi connectivity index (χ0) is 18.8. The van der Waals surface area contributed by atoms with Gasteiger partial charge in [-0.3, -0.25) is 9.59 Å². The monoisotopic (exact) mass is 419 g/mol. The Hall–Kier alpha value is -2.51. The van der Waals surface area contributed by atoms with Crippen molar-refractivity contribution in [3.8, 4) is 0 Å². The number of amides is 1. The van der Waals surface area contributed by atoms with Crippen LogP contribution in [0.25, 0.3) is 5.76 Å². The maximum absolute atomic E-state index is 14.4. The molecule has 1 heterocycles. The summed E-state index contributed by atoms with van der Waals surface area (Å²) in [6.45, 7) is -0.545. The molecular weight excluding hydrogens is 405 g/mol. The summed E-state index contributed by atoms with van der Waals surface area (Å²) < 4.78 is 15.2. The molecule has 0 aliphatic carbocycles. The van der Waals surface area contributed by atoms with Crippen LogP contribution in [0.3, 0.4) is 0 Å². The number of Topliss-reactive ketones (excluding diaryl/α,β-unsaturated/α-hetero) is 1. The lowest BCUT2D eigenvalue weighted by molar-refractivity contribution is -0.140. The van der Waals surface area contributed by atoms with Gasteiger partial charge in [0.05, 0.1) is 18.2 Å². The second kappa shape index (κ2) is 7.39. The first-order chi connectivity index (χ1) is 12.5. The van der Waals surface area contributed by atoms with Gasteiger partial charge in [-0.05, 0) is 18.2 Å². The third kappa shape index (κ3) is 3.15. The van der Waals surface area contributed by atoms with Gasteiger partial charge in [-0.1, -0.05) is 46.3 Å². The second-order valence-electron chi connectivity index (χ2n) is 5.74. The molecule has 2 aromatic rings. The van der Waals surface area contributed by atoms with Crippen LogP contribution in [-0.2, 0) is 9.59 Å². The number of halogens is 2. The van der Waals surface area contributed by atoms with Crippen molar-refractivity contribution in [2.24, 2.45) is 0 Å². The minimum Gasteiger partial charge on any atom is -0.507 e. The summed E-state index contributed by atoms with van der Waals surface area (Å²) in [4.78, 5) is 26.0. The van der Waals surface area contributed by atoms with Gasteiger partial charge in [-0.25, -0.2) is 4.39 Å². The highest BCUT2D eigenvalue weighted by Crippen LogP contribution is 2.40. The normalized spacial score (nSPS) is 19.2. The van der Waals surface area contributed by atoms with E-state index in [-0.39, 0.29) is 23.4 Å². The lowest BCUT2D eigenvalue weighted by Gasteiger charge is -2.24. The minimum absolute atomic E-state index is 0.0822. The standard InChI is InChI=1S/C19H15BrFNO4/c20-12-7-5-11(6-8-12)17(24)15-16(13-3-1-2-4-14(13)21)22(9-10-23)19(26)18(15)25/h1-8,16,23-24H,9-10H2/b17-15+/t16-/m1/s1. The maximum atomic E-state index is 14.4. The molecule has 0 bridgehead atoms. The number of aliphatic hydroxyl groups excluding tert-OH is 2. The van der Waals surface area contributed by atoms with Crippen molar-refractivity contribution in [2.75, 3.05) is 13.2 Å². The molecule has 2 N–H and O–H groups in total. The molecule has 1 saturated heterocycles. The number of likely N-dealkylation sites (tertiary alicyclic amines) is 1. The summed E-state index contributed by atoms with van der Waals surface area (Å²) in [5.74, 6) is -2.79. The number of hydrogen-bond donors (Lipinski definition) is 2. The summed E-state index contributed by atoms with van der Waals surface area (Å²) >= 11 is 3.28. The highest BCUT2D eigenvalue weighted by atomic mass is 79.9. The molecular formula is C19H15BrFNO4. The first-order valence-corrected chi connectivity index (χ1v) is 8.64. The molecule has 134 valence electrons. The fourth-order valence-electron chi connectivity index (χ4n) is 3.00. The van der Waals surface area contributed by atoms with Crippen LogP contribution in [0.1, 0.15) is 17.2 Å². The first kappa shape index (κ1) is 18.3. The predicted molar refractivity (Wildman–Crippen MR) is 96.6 cm³/mol. The van der Waals surface area contributed by atoms with Crippen LogP contribution in [0.2, 0.25) is 0 Å².